The van der Waals surface area contributed by atoms with Gasteiger partial charge in [0.25, 0.3) is 5.56 Å². The molecule has 1 fully saturated rings. The molecule has 1 aliphatic rings. The molecule has 1 saturated heterocycles. The highest BCUT2D eigenvalue weighted by molar-refractivity contribution is 8.13. The van der Waals surface area contributed by atoms with Crippen LogP contribution in [-0.2, 0) is 42.2 Å². The highest BCUT2D eigenvalue weighted by Gasteiger charge is 2.46. The Morgan fingerprint density at radius 2 is 1.86 bits per heavy atom. The molecular formula is C25H41N4O11PS. The number of hydrogen-bond donors (Lipinski definition) is 3. The minimum atomic E-state index is -4.24. The first kappa shape index (κ1) is 35.9. The van der Waals surface area contributed by atoms with Crippen LogP contribution in [0.5, 0.6) is 0 Å². The standard InChI is InChI=1S/C25H41N4O11PS/c1-14(2)39-22(32)15(3)28-41(35,37-10-11-42-23(33)25(5,6)7)38-13-18-17(12-36-16(4)30)20(26)21(40-18)29-9-8-19(31)27-24(29)34/h8-9,14-15,17-18,20-21H,10-13,26H2,1-7H3,(H,28,35)(H,27,31,34)/t15-,17+,18?,20+,21+,41?/m0/s1. The maximum absolute atomic E-state index is 13.8. The fourth-order valence-electron chi connectivity index (χ4n) is 3.72. The molecule has 17 heteroatoms. The van der Waals surface area contributed by atoms with Crippen LogP contribution in [-0.4, -0.2) is 76.5 Å². The Kier molecular flexibility index (Phi) is 13.2. The van der Waals surface area contributed by atoms with E-state index in [4.69, 9.17) is 29.0 Å². The quantitative estimate of drug-likeness (QED) is 0.150. The summed E-state index contributed by atoms with van der Waals surface area (Å²) in [6.45, 7) is 10.5. The number of hydrogen-bond acceptors (Lipinski definition) is 13. The predicted octanol–water partition coefficient (Wildman–Crippen LogP) is 1.32. The molecular weight excluding hydrogens is 595 g/mol. The van der Waals surface area contributed by atoms with Crippen LogP contribution < -0.4 is 22.1 Å². The first-order valence-electron chi connectivity index (χ1n) is 13.3. The lowest BCUT2D eigenvalue weighted by Gasteiger charge is -2.26. The number of rotatable bonds is 14. The van der Waals surface area contributed by atoms with Gasteiger partial charge >= 0.3 is 25.4 Å². The molecule has 1 aromatic rings. The first-order chi connectivity index (χ1) is 19.4. The van der Waals surface area contributed by atoms with Gasteiger partial charge in [-0.1, -0.05) is 32.5 Å². The number of thioether (sulfide) groups is 1. The molecule has 0 bridgehead atoms. The van der Waals surface area contributed by atoms with Gasteiger partial charge in [-0.25, -0.2) is 14.4 Å². The van der Waals surface area contributed by atoms with Crippen molar-refractivity contribution in [3.05, 3.63) is 33.1 Å². The van der Waals surface area contributed by atoms with Gasteiger partial charge in [0.05, 0.1) is 38.1 Å². The molecule has 0 amide bonds. The molecule has 2 rings (SSSR count). The van der Waals surface area contributed by atoms with Crippen molar-refractivity contribution < 1.29 is 42.2 Å². The van der Waals surface area contributed by atoms with Gasteiger partial charge in [0.15, 0.2) is 11.3 Å². The lowest BCUT2D eigenvalue weighted by Crippen LogP contribution is -2.42. The second kappa shape index (κ2) is 15.4. The fraction of sp³-hybridized carbons (Fsp3) is 0.720. The zero-order chi connectivity index (χ0) is 31.8. The van der Waals surface area contributed by atoms with Crippen LogP contribution in [0.25, 0.3) is 0 Å². The molecule has 42 heavy (non-hydrogen) atoms. The maximum atomic E-state index is 13.8. The third-order valence-corrected chi connectivity index (χ3v) is 8.84. The number of ether oxygens (including phenoxy) is 3. The van der Waals surface area contributed by atoms with Gasteiger partial charge in [-0.05, 0) is 20.8 Å². The molecule has 2 unspecified atom stereocenters. The van der Waals surface area contributed by atoms with Crippen molar-refractivity contribution in [3.63, 3.8) is 0 Å². The molecule has 238 valence electrons. The Morgan fingerprint density at radius 1 is 1.19 bits per heavy atom. The molecule has 15 nitrogen and oxygen atoms in total. The SMILES string of the molecule is CC(=O)OC[C@@H]1C(COP(=O)(N[C@@H](C)C(=O)OC(C)C)OCCSC(=O)C(C)(C)C)O[C@@H](n2ccc(=O)[nH]c2=O)[C@@H]1N. The smallest absolute Gasteiger partial charge is 0.406 e. The summed E-state index contributed by atoms with van der Waals surface area (Å²) in [5, 5.41) is 2.46. The van der Waals surface area contributed by atoms with Crippen molar-refractivity contribution in [2.75, 3.05) is 25.6 Å². The van der Waals surface area contributed by atoms with E-state index in [0.717, 1.165) is 22.4 Å². The van der Waals surface area contributed by atoms with Crippen molar-refractivity contribution in [1.82, 2.24) is 14.6 Å². The molecule has 0 saturated carbocycles. The van der Waals surface area contributed by atoms with Gasteiger partial charge in [0, 0.05) is 36.3 Å². The number of nitrogens with two attached hydrogens (primary N) is 1. The second-order valence-electron chi connectivity index (χ2n) is 11.0. The van der Waals surface area contributed by atoms with Crippen molar-refractivity contribution in [3.8, 4) is 0 Å². The molecule has 0 aromatic carbocycles. The third kappa shape index (κ3) is 10.7. The molecule has 0 aliphatic carbocycles. The molecule has 0 spiro atoms. The summed E-state index contributed by atoms with van der Waals surface area (Å²) in [6, 6.07) is -0.887. The first-order valence-corrected chi connectivity index (χ1v) is 15.9. The van der Waals surface area contributed by atoms with E-state index >= 15 is 0 Å². The van der Waals surface area contributed by atoms with Crippen molar-refractivity contribution in [2.24, 2.45) is 17.1 Å². The van der Waals surface area contributed by atoms with Gasteiger partial charge < -0.3 is 19.9 Å². The van der Waals surface area contributed by atoms with E-state index in [-0.39, 0.29) is 24.1 Å². The van der Waals surface area contributed by atoms with Crippen LogP contribution in [0.15, 0.2) is 21.9 Å². The Hall–Kier alpha value is -2.33. The second-order valence-corrected chi connectivity index (χ2v) is 13.8. The minimum Gasteiger partial charge on any atom is -0.465 e. The van der Waals surface area contributed by atoms with E-state index in [1.54, 1.807) is 34.6 Å². The van der Waals surface area contributed by atoms with E-state index in [2.05, 4.69) is 10.1 Å². The highest BCUT2D eigenvalue weighted by atomic mass is 32.2. The molecule has 1 aliphatic heterocycles. The van der Waals surface area contributed by atoms with Crippen LogP contribution in [0.1, 0.15) is 54.7 Å². The van der Waals surface area contributed by atoms with E-state index in [1.165, 1.54) is 20.0 Å². The van der Waals surface area contributed by atoms with Crippen molar-refractivity contribution >= 4 is 36.6 Å². The van der Waals surface area contributed by atoms with Gasteiger partial charge in [0.2, 0.25) is 0 Å². The predicted molar refractivity (Wildman–Crippen MR) is 154 cm³/mol. The van der Waals surface area contributed by atoms with Crippen LogP contribution >= 0.6 is 19.5 Å². The minimum absolute atomic E-state index is 0.0890. The van der Waals surface area contributed by atoms with Crippen molar-refractivity contribution in [1.29, 1.82) is 0 Å². The topological polar surface area (TPSA) is 207 Å². The van der Waals surface area contributed by atoms with Crippen LogP contribution in [0.2, 0.25) is 0 Å². The van der Waals surface area contributed by atoms with Gasteiger partial charge in [-0.2, -0.15) is 0 Å². The number of carbonyl (C=O) groups excluding carboxylic acids is 3. The largest absolute Gasteiger partial charge is 0.465 e. The molecule has 4 N–H and O–H groups in total. The number of nitrogens with one attached hydrogen (secondary N) is 2. The number of aromatic nitrogens is 2. The maximum Gasteiger partial charge on any atom is 0.406 e. The molecule has 6 atom stereocenters. The number of esters is 2. The third-order valence-electron chi connectivity index (χ3n) is 5.88. The average Bonchev–Trinajstić information content (AvgIpc) is 3.17. The van der Waals surface area contributed by atoms with E-state index in [0.29, 0.717) is 0 Å². The number of nitrogens with zero attached hydrogens (tertiary/aromatic N) is 1. The van der Waals surface area contributed by atoms with E-state index in [9.17, 15) is 28.5 Å². The number of carbonyl (C=O) groups is 3. The molecule has 0 radical (unpaired) electrons. The Bertz CT molecular complexity index is 1260. The van der Waals surface area contributed by atoms with Crippen LogP contribution in [0, 0.1) is 11.3 Å². The zero-order valence-corrected chi connectivity index (χ0v) is 26.5. The monoisotopic (exact) mass is 636 g/mol. The van der Waals surface area contributed by atoms with Crippen LogP contribution in [0.4, 0.5) is 0 Å². The Balaban J connectivity index is 2.24. The summed E-state index contributed by atoms with van der Waals surface area (Å²) in [7, 11) is -4.24. The summed E-state index contributed by atoms with van der Waals surface area (Å²) in [5.41, 5.74) is 4.40. The fourth-order valence-corrected chi connectivity index (χ4v) is 6.11. The van der Waals surface area contributed by atoms with Gasteiger partial charge in [-0.15, -0.1) is 0 Å². The Morgan fingerprint density at radius 3 is 2.43 bits per heavy atom. The molecule has 1 aromatic heterocycles. The van der Waals surface area contributed by atoms with E-state index < -0.39 is 79.4 Å². The van der Waals surface area contributed by atoms with Gasteiger partial charge in [-0.3, -0.25) is 37.8 Å². The number of aromatic amines is 1. The van der Waals surface area contributed by atoms with Crippen molar-refractivity contribution in [2.45, 2.75) is 79.0 Å². The summed E-state index contributed by atoms with van der Waals surface area (Å²) >= 11 is 1.00. The zero-order valence-electron chi connectivity index (χ0n) is 24.8. The lowest BCUT2D eigenvalue weighted by molar-refractivity contribution is -0.149. The number of H-pyrrole nitrogens is 1. The van der Waals surface area contributed by atoms with Crippen LogP contribution in [0.3, 0.4) is 0 Å². The summed E-state index contributed by atoms with van der Waals surface area (Å²) < 4.78 is 42.4. The summed E-state index contributed by atoms with van der Waals surface area (Å²) in [4.78, 5) is 62.2. The van der Waals surface area contributed by atoms with E-state index in [1.807, 2.05) is 0 Å². The average molecular weight is 637 g/mol. The Labute approximate surface area is 248 Å². The normalized spacial score (nSPS) is 22.9. The van der Waals surface area contributed by atoms with Gasteiger partial charge in [0.1, 0.15) is 6.04 Å². The lowest BCUT2D eigenvalue weighted by atomic mass is 9.97. The highest BCUT2D eigenvalue weighted by Crippen LogP contribution is 2.46. The summed E-state index contributed by atoms with van der Waals surface area (Å²) in [6.07, 6.45) is -1.26. The molecule has 2 heterocycles. The summed E-state index contributed by atoms with van der Waals surface area (Å²) in [5.74, 6) is -1.84.